The highest BCUT2D eigenvalue weighted by molar-refractivity contribution is 8.01. The van der Waals surface area contributed by atoms with Gasteiger partial charge in [-0.25, -0.2) is 0 Å². The number of carboxylic acids is 1. The van der Waals surface area contributed by atoms with E-state index in [1.807, 2.05) is 13.8 Å². The van der Waals surface area contributed by atoms with Gasteiger partial charge in [-0.1, -0.05) is 12.8 Å². The Morgan fingerprint density at radius 3 is 2.68 bits per heavy atom. The Kier molecular flexibility index (Phi) is 4.48. The summed E-state index contributed by atoms with van der Waals surface area (Å²) in [5, 5.41) is 9.55. The van der Waals surface area contributed by atoms with E-state index in [2.05, 4.69) is 0 Å². The van der Waals surface area contributed by atoms with E-state index in [9.17, 15) is 4.79 Å². The highest BCUT2D eigenvalue weighted by atomic mass is 32.2. The summed E-state index contributed by atoms with van der Waals surface area (Å²) in [5.74, 6) is -0.917. The van der Waals surface area contributed by atoms with Gasteiger partial charge in [-0.2, -0.15) is 0 Å². The summed E-state index contributed by atoms with van der Waals surface area (Å²) in [6.45, 7) is 4.68. The molecular weight excluding hydrogens is 262 g/mol. The molecule has 5 heteroatoms. The average Bonchev–Trinajstić information content (AvgIpc) is 2.75. The lowest BCUT2D eigenvalue weighted by atomic mass is 9.92. The van der Waals surface area contributed by atoms with E-state index in [0.717, 1.165) is 32.3 Å². The number of aliphatic carboxylic acids is 1. The van der Waals surface area contributed by atoms with Gasteiger partial charge in [0.25, 0.3) is 0 Å². The van der Waals surface area contributed by atoms with E-state index in [4.69, 9.17) is 15.6 Å². The summed E-state index contributed by atoms with van der Waals surface area (Å²) in [5.41, 5.74) is 5.89. The standard InChI is InChI=1S/C14H25NO3S/c1-13(2,11(15)12(16)17)19-10-5-8-18-14(9-10)6-3-4-7-14/h10-11H,3-9,15H2,1-2H3,(H,16,17)/t10?,11-/m0/s1. The van der Waals surface area contributed by atoms with Crippen molar-refractivity contribution in [3.63, 3.8) is 0 Å². The third-order valence-electron chi connectivity index (χ3n) is 4.45. The normalized spacial score (nSPS) is 28.5. The van der Waals surface area contributed by atoms with Gasteiger partial charge in [-0.3, -0.25) is 4.79 Å². The zero-order valence-electron chi connectivity index (χ0n) is 11.9. The first-order valence-electron chi connectivity index (χ1n) is 7.15. The van der Waals surface area contributed by atoms with Gasteiger partial charge in [0, 0.05) is 16.6 Å². The zero-order valence-corrected chi connectivity index (χ0v) is 12.7. The summed E-state index contributed by atoms with van der Waals surface area (Å²) in [6.07, 6.45) is 6.89. The first-order valence-corrected chi connectivity index (χ1v) is 8.03. The Labute approximate surface area is 119 Å². The van der Waals surface area contributed by atoms with Crippen molar-refractivity contribution in [2.24, 2.45) is 5.73 Å². The monoisotopic (exact) mass is 287 g/mol. The molecule has 1 saturated heterocycles. The summed E-state index contributed by atoms with van der Waals surface area (Å²) in [6, 6.07) is -0.820. The first kappa shape index (κ1) is 15.1. The summed E-state index contributed by atoms with van der Waals surface area (Å²) >= 11 is 1.73. The number of carbonyl (C=O) groups is 1. The van der Waals surface area contributed by atoms with E-state index in [0.29, 0.717) is 5.25 Å². The molecule has 1 heterocycles. The molecule has 1 saturated carbocycles. The number of carboxylic acid groups (broad SMARTS) is 1. The highest BCUT2D eigenvalue weighted by Crippen LogP contribution is 2.45. The molecule has 1 aliphatic heterocycles. The van der Waals surface area contributed by atoms with Gasteiger partial charge in [-0.05, 0) is 39.5 Å². The zero-order chi connectivity index (χ0) is 14.1. The van der Waals surface area contributed by atoms with Crippen molar-refractivity contribution in [3.8, 4) is 0 Å². The van der Waals surface area contributed by atoms with Crippen LogP contribution in [0, 0.1) is 0 Å². The van der Waals surface area contributed by atoms with Crippen LogP contribution in [0.2, 0.25) is 0 Å². The third-order valence-corrected chi connectivity index (χ3v) is 6.05. The molecule has 0 aromatic heterocycles. The molecule has 0 radical (unpaired) electrons. The molecule has 0 amide bonds. The van der Waals surface area contributed by atoms with Crippen molar-refractivity contribution in [1.29, 1.82) is 0 Å². The maximum Gasteiger partial charge on any atom is 0.321 e. The Hall–Kier alpha value is -0.260. The molecule has 1 aliphatic carbocycles. The second-order valence-corrected chi connectivity index (χ2v) is 8.35. The number of hydrogen-bond donors (Lipinski definition) is 2. The van der Waals surface area contributed by atoms with Crippen LogP contribution in [0.3, 0.4) is 0 Å². The van der Waals surface area contributed by atoms with Crippen LogP contribution in [0.4, 0.5) is 0 Å². The van der Waals surface area contributed by atoms with E-state index in [-0.39, 0.29) is 5.60 Å². The van der Waals surface area contributed by atoms with Crippen molar-refractivity contribution in [2.45, 2.75) is 74.0 Å². The molecule has 2 aliphatic rings. The maximum atomic E-state index is 11.1. The van der Waals surface area contributed by atoms with Gasteiger partial charge < -0.3 is 15.6 Å². The lowest BCUT2D eigenvalue weighted by molar-refractivity contribution is -0.139. The van der Waals surface area contributed by atoms with E-state index < -0.39 is 16.8 Å². The minimum Gasteiger partial charge on any atom is -0.480 e. The highest BCUT2D eigenvalue weighted by Gasteiger charge is 2.43. The van der Waals surface area contributed by atoms with Crippen molar-refractivity contribution >= 4 is 17.7 Å². The molecule has 2 rings (SSSR count). The Morgan fingerprint density at radius 2 is 2.11 bits per heavy atom. The number of thioether (sulfide) groups is 1. The molecule has 0 aromatic rings. The quantitative estimate of drug-likeness (QED) is 0.830. The van der Waals surface area contributed by atoms with Gasteiger partial charge >= 0.3 is 5.97 Å². The van der Waals surface area contributed by atoms with Crippen LogP contribution in [0.25, 0.3) is 0 Å². The topological polar surface area (TPSA) is 72.5 Å². The maximum absolute atomic E-state index is 11.1. The lowest BCUT2D eigenvalue weighted by Crippen LogP contribution is -2.49. The average molecular weight is 287 g/mol. The summed E-state index contributed by atoms with van der Waals surface area (Å²) in [4.78, 5) is 11.1. The number of ether oxygens (including phenoxy) is 1. The van der Waals surface area contributed by atoms with Crippen LogP contribution >= 0.6 is 11.8 Å². The van der Waals surface area contributed by atoms with Crippen LogP contribution in [-0.4, -0.2) is 39.3 Å². The molecule has 2 fully saturated rings. The minimum atomic E-state index is -0.917. The molecule has 0 aromatic carbocycles. The molecule has 3 N–H and O–H groups in total. The van der Waals surface area contributed by atoms with Gasteiger partial charge in [0.2, 0.25) is 0 Å². The van der Waals surface area contributed by atoms with Crippen LogP contribution < -0.4 is 5.73 Å². The fourth-order valence-corrected chi connectivity index (χ4v) is 4.96. The SMILES string of the molecule is CC(C)(SC1CCOC2(CCCC2)C1)[C@@H](N)C(=O)O. The smallest absolute Gasteiger partial charge is 0.321 e. The van der Waals surface area contributed by atoms with E-state index >= 15 is 0 Å². The van der Waals surface area contributed by atoms with Crippen molar-refractivity contribution in [1.82, 2.24) is 0 Å². The molecule has 4 nitrogen and oxygen atoms in total. The van der Waals surface area contributed by atoms with Gasteiger partial charge in [0.15, 0.2) is 0 Å². The second-order valence-electron chi connectivity index (χ2n) is 6.39. The fourth-order valence-electron chi connectivity index (χ4n) is 3.25. The van der Waals surface area contributed by atoms with Crippen LogP contribution in [0.15, 0.2) is 0 Å². The van der Waals surface area contributed by atoms with Gasteiger partial charge in [0.1, 0.15) is 6.04 Å². The number of nitrogens with two attached hydrogens (primary N) is 1. The van der Waals surface area contributed by atoms with Crippen molar-refractivity contribution in [3.05, 3.63) is 0 Å². The fraction of sp³-hybridized carbons (Fsp3) is 0.929. The van der Waals surface area contributed by atoms with Crippen LogP contribution in [0.1, 0.15) is 52.4 Å². The first-order chi connectivity index (χ1) is 8.85. The molecular formula is C14H25NO3S. The largest absolute Gasteiger partial charge is 0.480 e. The molecule has 19 heavy (non-hydrogen) atoms. The lowest BCUT2D eigenvalue weighted by Gasteiger charge is -2.41. The molecule has 1 unspecified atom stereocenters. The van der Waals surface area contributed by atoms with E-state index in [1.54, 1.807) is 11.8 Å². The third kappa shape index (κ3) is 3.44. The summed E-state index contributed by atoms with van der Waals surface area (Å²) in [7, 11) is 0. The molecule has 0 bridgehead atoms. The summed E-state index contributed by atoms with van der Waals surface area (Å²) < 4.78 is 5.58. The van der Waals surface area contributed by atoms with Crippen LogP contribution in [0.5, 0.6) is 0 Å². The second kappa shape index (κ2) is 5.62. The Bertz CT molecular complexity index is 340. The van der Waals surface area contributed by atoms with Crippen LogP contribution in [-0.2, 0) is 9.53 Å². The Balaban J connectivity index is 1.96. The van der Waals surface area contributed by atoms with Crippen molar-refractivity contribution < 1.29 is 14.6 Å². The Morgan fingerprint density at radius 1 is 1.47 bits per heavy atom. The van der Waals surface area contributed by atoms with Gasteiger partial charge in [0.05, 0.1) is 5.60 Å². The van der Waals surface area contributed by atoms with Gasteiger partial charge in [-0.15, -0.1) is 11.8 Å². The molecule has 110 valence electrons. The van der Waals surface area contributed by atoms with Crippen molar-refractivity contribution in [2.75, 3.05) is 6.61 Å². The van der Waals surface area contributed by atoms with E-state index in [1.165, 1.54) is 12.8 Å². The predicted molar refractivity (Wildman–Crippen MR) is 77.5 cm³/mol. The number of hydrogen-bond acceptors (Lipinski definition) is 4. The molecule has 1 spiro atoms. The molecule has 2 atom stereocenters. The minimum absolute atomic E-state index is 0.0827. The predicted octanol–water partition coefficient (Wildman–Crippen LogP) is 2.40. The number of rotatable bonds is 4.